The van der Waals surface area contributed by atoms with Crippen molar-refractivity contribution < 1.29 is 14.3 Å². The molecule has 0 spiro atoms. The standard InChI is InChI=1S/C18H31NO3/c1-3-4-13-21-16-9-5-14(6-10-16)18(20)22-17-11-7-15(19-2)8-12-17/h14-17H,2-13H2,1H3. The molecule has 0 saturated heterocycles. The van der Waals surface area contributed by atoms with Crippen LogP contribution in [0.3, 0.4) is 0 Å². The molecular weight excluding hydrogens is 278 g/mol. The summed E-state index contributed by atoms with van der Waals surface area (Å²) in [7, 11) is 0. The average molecular weight is 309 g/mol. The zero-order valence-electron chi connectivity index (χ0n) is 14.0. The molecule has 2 aliphatic rings. The van der Waals surface area contributed by atoms with Gasteiger partial charge >= 0.3 is 5.97 Å². The van der Waals surface area contributed by atoms with Gasteiger partial charge in [0.2, 0.25) is 0 Å². The van der Waals surface area contributed by atoms with Crippen molar-refractivity contribution in [1.82, 2.24) is 0 Å². The molecule has 0 radical (unpaired) electrons. The average Bonchev–Trinajstić information content (AvgIpc) is 2.56. The van der Waals surface area contributed by atoms with E-state index in [4.69, 9.17) is 9.47 Å². The van der Waals surface area contributed by atoms with Crippen molar-refractivity contribution >= 4 is 12.7 Å². The molecule has 22 heavy (non-hydrogen) atoms. The summed E-state index contributed by atoms with van der Waals surface area (Å²) >= 11 is 0. The molecule has 0 heterocycles. The number of carbonyl (C=O) groups excluding carboxylic acids is 1. The van der Waals surface area contributed by atoms with Crippen LogP contribution in [0, 0.1) is 5.92 Å². The summed E-state index contributed by atoms with van der Waals surface area (Å²) in [5, 5.41) is 0. The molecule has 2 fully saturated rings. The minimum absolute atomic E-state index is 0.0158. The first-order chi connectivity index (χ1) is 10.7. The molecular formula is C18H31NO3. The minimum Gasteiger partial charge on any atom is -0.462 e. The topological polar surface area (TPSA) is 47.9 Å². The fourth-order valence-corrected chi connectivity index (χ4v) is 3.47. The fourth-order valence-electron chi connectivity index (χ4n) is 3.47. The highest BCUT2D eigenvalue weighted by Gasteiger charge is 2.30. The number of carbonyl (C=O) groups is 1. The summed E-state index contributed by atoms with van der Waals surface area (Å²) in [6.45, 7) is 6.64. The van der Waals surface area contributed by atoms with Crippen molar-refractivity contribution in [2.45, 2.75) is 89.4 Å². The first kappa shape index (κ1) is 17.5. The summed E-state index contributed by atoms with van der Waals surface area (Å²) in [6, 6.07) is 0.366. The monoisotopic (exact) mass is 309 g/mol. The SMILES string of the molecule is C=NC1CCC(OC(=O)C2CCC(OCCCC)CC2)CC1. The minimum atomic E-state index is 0.0158. The Hall–Kier alpha value is -0.900. The van der Waals surface area contributed by atoms with Gasteiger partial charge in [-0.25, -0.2) is 0 Å². The second-order valence-electron chi connectivity index (χ2n) is 6.75. The highest BCUT2D eigenvalue weighted by molar-refractivity contribution is 5.72. The molecule has 2 aliphatic carbocycles. The molecule has 0 aromatic rings. The molecule has 0 aromatic heterocycles. The maximum Gasteiger partial charge on any atom is 0.309 e. The van der Waals surface area contributed by atoms with E-state index in [9.17, 15) is 4.79 Å². The van der Waals surface area contributed by atoms with Gasteiger partial charge in [-0.2, -0.15) is 0 Å². The van der Waals surface area contributed by atoms with E-state index in [2.05, 4.69) is 18.6 Å². The van der Waals surface area contributed by atoms with Crippen molar-refractivity contribution in [1.29, 1.82) is 0 Å². The van der Waals surface area contributed by atoms with Crippen LogP contribution in [0.2, 0.25) is 0 Å². The van der Waals surface area contributed by atoms with Crippen LogP contribution in [-0.4, -0.2) is 37.5 Å². The molecule has 0 atom stereocenters. The highest BCUT2D eigenvalue weighted by atomic mass is 16.5. The Morgan fingerprint density at radius 1 is 1.05 bits per heavy atom. The van der Waals surface area contributed by atoms with E-state index in [1.54, 1.807) is 0 Å². The van der Waals surface area contributed by atoms with Crippen LogP contribution in [0.25, 0.3) is 0 Å². The molecule has 0 bridgehead atoms. The number of aliphatic imine (C=N–C) groups is 1. The van der Waals surface area contributed by atoms with Gasteiger partial charge < -0.3 is 9.47 Å². The largest absolute Gasteiger partial charge is 0.462 e. The van der Waals surface area contributed by atoms with Gasteiger partial charge in [-0.1, -0.05) is 13.3 Å². The zero-order valence-corrected chi connectivity index (χ0v) is 14.0. The van der Waals surface area contributed by atoms with E-state index in [-0.39, 0.29) is 18.0 Å². The molecule has 0 aliphatic heterocycles. The van der Waals surface area contributed by atoms with Crippen LogP contribution >= 0.6 is 0 Å². The smallest absolute Gasteiger partial charge is 0.309 e. The van der Waals surface area contributed by atoms with Crippen molar-refractivity contribution in [3.8, 4) is 0 Å². The number of ether oxygens (including phenoxy) is 2. The van der Waals surface area contributed by atoms with Gasteiger partial charge in [-0.15, -0.1) is 0 Å². The van der Waals surface area contributed by atoms with E-state index < -0.39 is 0 Å². The predicted octanol–water partition coefficient (Wildman–Crippen LogP) is 3.92. The van der Waals surface area contributed by atoms with Gasteiger partial charge in [-0.05, 0) is 64.5 Å². The number of esters is 1. The molecule has 0 unspecified atom stereocenters. The van der Waals surface area contributed by atoms with E-state index >= 15 is 0 Å². The predicted molar refractivity (Wildman–Crippen MR) is 88.3 cm³/mol. The van der Waals surface area contributed by atoms with Crippen LogP contribution in [0.4, 0.5) is 0 Å². The van der Waals surface area contributed by atoms with Crippen LogP contribution in [0.5, 0.6) is 0 Å². The molecule has 0 aromatic carbocycles. The third kappa shape index (κ3) is 5.38. The lowest BCUT2D eigenvalue weighted by atomic mass is 9.87. The Morgan fingerprint density at radius 3 is 2.27 bits per heavy atom. The summed E-state index contributed by atoms with van der Waals surface area (Å²) in [5.74, 6) is 0.100. The summed E-state index contributed by atoms with van der Waals surface area (Å²) in [5.41, 5.74) is 0. The third-order valence-electron chi connectivity index (χ3n) is 5.04. The summed E-state index contributed by atoms with van der Waals surface area (Å²) in [4.78, 5) is 16.4. The van der Waals surface area contributed by atoms with Gasteiger partial charge in [0.15, 0.2) is 0 Å². The summed E-state index contributed by atoms with van der Waals surface area (Å²) in [6.07, 6.45) is 10.4. The van der Waals surface area contributed by atoms with E-state index in [1.165, 1.54) is 6.42 Å². The quantitative estimate of drug-likeness (QED) is 0.407. The number of nitrogens with zero attached hydrogens (tertiary/aromatic N) is 1. The first-order valence-electron chi connectivity index (χ1n) is 9.00. The molecule has 0 N–H and O–H groups in total. The van der Waals surface area contributed by atoms with Crippen molar-refractivity contribution in [3.05, 3.63) is 0 Å². The maximum atomic E-state index is 12.3. The molecule has 0 amide bonds. The third-order valence-corrected chi connectivity index (χ3v) is 5.04. The lowest BCUT2D eigenvalue weighted by Gasteiger charge is -2.30. The maximum absolute atomic E-state index is 12.3. The Bertz CT molecular complexity index is 342. The van der Waals surface area contributed by atoms with E-state index in [0.29, 0.717) is 12.1 Å². The summed E-state index contributed by atoms with van der Waals surface area (Å²) < 4.78 is 11.6. The zero-order chi connectivity index (χ0) is 15.8. The van der Waals surface area contributed by atoms with E-state index in [1.807, 2.05) is 0 Å². The number of hydrogen-bond donors (Lipinski definition) is 0. The number of hydrogen-bond acceptors (Lipinski definition) is 4. The van der Waals surface area contributed by atoms with Crippen molar-refractivity contribution in [3.63, 3.8) is 0 Å². The fraction of sp³-hybridized carbons (Fsp3) is 0.889. The Kier molecular flexibility index (Phi) is 7.37. The molecule has 4 nitrogen and oxygen atoms in total. The molecule has 126 valence electrons. The second kappa shape index (κ2) is 9.29. The first-order valence-corrected chi connectivity index (χ1v) is 9.00. The van der Waals surface area contributed by atoms with Crippen LogP contribution in [0.1, 0.15) is 71.1 Å². The van der Waals surface area contributed by atoms with Crippen LogP contribution in [-0.2, 0) is 14.3 Å². The normalized spacial score (nSPS) is 32.4. The Labute approximate surface area is 134 Å². The lowest BCUT2D eigenvalue weighted by molar-refractivity contribution is -0.157. The second-order valence-corrected chi connectivity index (χ2v) is 6.75. The Balaban J connectivity index is 1.64. The van der Waals surface area contributed by atoms with Gasteiger partial charge in [0.25, 0.3) is 0 Å². The van der Waals surface area contributed by atoms with Crippen LogP contribution in [0.15, 0.2) is 4.99 Å². The van der Waals surface area contributed by atoms with Gasteiger partial charge in [0.1, 0.15) is 6.10 Å². The van der Waals surface area contributed by atoms with Crippen molar-refractivity contribution in [2.75, 3.05) is 6.61 Å². The van der Waals surface area contributed by atoms with Gasteiger partial charge in [0.05, 0.1) is 12.0 Å². The highest BCUT2D eigenvalue weighted by Crippen LogP contribution is 2.29. The molecule has 2 rings (SSSR count). The van der Waals surface area contributed by atoms with E-state index in [0.717, 1.165) is 64.4 Å². The number of unbranched alkanes of at least 4 members (excludes halogenated alkanes) is 1. The molecule has 2 saturated carbocycles. The van der Waals surface area contributed by atoms with Gasteiger partial charge in [0, 0.05) is 12.6 Å². The number of rotatable bonds is 7. The van der Waals surface area contributed by atoms with Crippen LogP contribution < -0.4 is 0 Å². The Morgan fingerprint density at radius 2 is 1.68 bits per heavy atom. The molecule has 4 heteroatoms. The van der Waals surface area contributed by atoms with Gasteiger partial charge in [-0.3, -0.25) is 9.79 Å². The van der Waals surface area contributed by atoms with Crippen molar-refractivity contribution in [2.24, 2.45) is 10.9 Å². The lowest BCUT2D eigenvalue weighted by Crippen LogP contribution is -2.32.